The quantitative estimate of drug-likeness (QED) is 0.287. The maximum atomic E-state index is 9.78. The summed E-state index contributed by atoms with van der Waals surface area (Å²) in [6.07, 6.45) is 0. The van der Waals surface area contributed by atoms with Gasteiger partial charge in [0.05, 0.1) is 0 Å². The van der Waals surface area contributed by atoms with Gasteiger partial charge in [-0.3, -0.25) is 0 Å². The Hall–Kier alpha value is -4.18. The van der Waals surface area contributed by atoms with Crippen molar-refractivity contribution in [1.29, 1.82) is 0 Å². The van der Waals surface area contributed by atoms with Gasteiger partial charge in [0.25, 0.3) is 0 Å². The lowest BCUT2D eigenvalue weighted by atomic mass is 10.0. The van der Waals surface area contributed by atoms with Crippen molar-refractivity contribution >= 4 is 65.4 Å². The molecule has 0 bridgehead atoms. The topological polar surface area (TPSA) is 66.7 Å². The maximum Gasteiger partial charge on any atom is 0.139 e. The van der Waals surface area contributed by atoms with Gasteiger partial charge < -0.3 is 19.0 Å². The van der Waals surface area contributed by atoms with Gasteiger partial charge in [-0.2, -0.15) is 0 Å². The van der Waals surface area contributed by atoms with Crippen molar-refractivity contribution in [3.05, 3.63) is 72.8 Å². The van der Waals surface area contributed by atoms with E-state index < -0.39 is 0 Å². The lowest BCUT2D eigenvalue weighted by molar-refractivity contribution is 0.475. The van der Waals surface area contributed by atoms with Crippen molar-refractivity contribution < 1.29 is 19.0 Å². The molecule has 0 saturated heterocycles. The third kappa shape index (κ3) is 2.05. The SMILES string of the molecule is Oc1ccc2cc3c(cc2c1)oc1cc2oc4cc5cc(O)ccc5cc4c2cc13. The highest BCUT2D eigenvalue weighted by molar-refractivity contribution is 6.18. The monoisotopic (exact) mass is 390 g/mol. The predicted molar refractivity (Wildman–Crippen MR) is 119 cm³/mol. The van der Waals surface area contributed by atoms with Crippen LogP contribution in [-0.2, 0) is 0 Å². The first kappa shape index (κ1) is 15.7. The second-order valence-corrected chi connectivity index (χ2v) is 7.81. The molecule has 7 aromatic rings. The summed E-state index contributed by atoms with van der Waals surface area (Å²) in [5, 5.41) is 27.6. The molecule has 7 rings (SSSR count). The minimum atomic E-state index is 0.238. The van der Waals surface area contributed by atoms with Gasteiger partial charge in [0, 0.05) is 27.6 Å². The zero-order valence-corrected chi connectivity index (χ0v) is 15.6. The lowest BCUT2D eigenvalue weighted by Gasteiger charge is -1.99. The number of hydrogen-bond donors (Lipinski definition) is 2. The zero-order valence-electron chi connectivity index (χ0n) is 15.6. The van der Waals surface area contributed by atoms with E-state index in [1.54, 1.807) is 24.3 Å². The van der Waals surface area contributed by atoms with Gasteiger partial charge in [-0.15, -0.1) is 0 Å². The Labute approximate surface area is 169 Å². The molecule has 2 aromatic heterocycles. The minimum absolute atomic E-state index is 0.238. The summed E-state index contributed by atoms with van der Waals surface area (Å²) in [4.78, 5) is 0. The molecule has 0 unspecified atom stereocenters. The van der Waals surface area contributed by atoms with E-state index in [2.05, 4.69) is 18.2 Å². The van der Waals surface area contributed by atoms with Crippen LogP contribution in [0.5, 0.6) is 11.5 Å². The number of benzene rings is 5. The van der Waals surface area contributed by atoms with Crippen LogP contribution in [0.15, 0.2) is 81.6 Å². The van der Waals surface area contributed by atoms with Gasteiger partial charge >= 0.3 is 0 Å². The van der Waals surface area contributed by atoms with Crippen molar-refractivity contribution in [2.75, 3.05) is 0 Å². The molecule has 0 fully saturated rings. The fourth-order valence-corrected chi connectivity index (χ4v) is 4.51. The second-order valence-electron chi connectivity index (χ2n) is 7.81. The van der Waals surface area contributed by atoms with E-state index in [9.17, 15) is 10.2 Å². The molecular weight excluding hydrogens is 376 g/mol. The number of phenols is 2. The molecule has 2 heterocycles. The van der Waals surface area contributed by atoms with Gasteiger partial charge in [-0.1, -0.05) is 12.1 Å². The molecule has 0 radical (unpaired) electrons. The van der Waals surface area contributed by atoms with Crippen LogP contribution in [0.25, 0.3) is 65.4 Å². The molecule has 142 valence electrons. The minimum Gasteiger partial charge on any atom is -0.508 e. The molecule has 0 aliphatic rings. The first-order chi connectivity index (χ1) is 14.6. The average molecular weight is 390 g/mol. The fourth-order valence-electron chi connectivity index (χ4n) is 4.51. The Balaban J connectivity index is 1.59. The molecule has 4 nitrogen and oxygen atoms in total. The molecule has 2 N–H and O–H groups in total. The van der Waals surface area contributed by atoms with E-state index >= 15 is 0 Å². The van der Waals surface area contributed by atoms with Crippen molar-refractivity contribution in [3.8, 4) is 11.5 Å². The number of phenolic OH excluding ortho intramolecular Hbond substituents is 2. The van der Waals surface area contributed by atoms with Crippen molar-refractivity contribution in [3.63, 3.8) is 0 Å². The first-order valence-electron chi connectivity index (χ1n) is 9.70. The van der Waals surface area contributed by atoms with Crippen LogP contribution >= 0.6 is 0 Å². The number of hydrogen-bond acceptors (Lipinski definition) is 4. The molecule has 0 aliphatic heterocycles. The van der Waals surface area contributed by atoms with E-state index in [1.807, 2.05) is 30.3 Å². The van der Waals surface area contributed by atoms with E-state index in [0.717, 1.165) is 65.4 Å². The number of aromatic hydroxyl groups is 2. The van der Waals surface area contributed by atoms with Crippen LogP contribution in [0.1, 0.15) is 0 Å². The van der Waals surface area contributed by atoms with Gasteiger partial charge in [0.1, 0.15) is 33.8 Å². The average Bonchev–Trinajstić information content (AvgIpc) is 3.24. The summed E-state index contributed by atoms with van der Waals surface area (Å²) in [5.41, 5.74) is 3.08. The van der Waals surface area contributed by atoms with E-state index in [-0.39, 0.29) is 11.5 Å². The van der Waals surface area contributed by atoms with Gasteiger partial charge in [0.2, 0.25) is 0 Å². The molecule has 0 saturated carbocycles. The van der Waals surface area contributed by atoms with Crippen LogP contribution in [0.2, 0.25) is 0 Å². The Morgan fingerprint density at radius 2 is 0.833 bits per heavy atom. The van der Waals surface area contributed by atoms with Crippen LogP contribution in [-0.4, -0.2) is 10.2 Å². The summed E-state index contributed by atoms with van der Waals surface area (Å²) >= 11 is 0. The first-order valence-corrected chi connectivity index (χ1v) is 9.70. The normalized spacial score (nSPS) is 12.3. The molecule has 4 heteroatoms. The lowest BCUT2D eigenvalue weighted by Crippen LogP contribution is -1.74. The summed E-state index contributed by atoms with van der Waals surface area (Å²) in [7, 11) is 0. The largest absolute Gasteiger partial charge is 0.508 e. The molecule has 0 amide bonds. The van der Waals surface area contributed by atoms with Crippen molar-refractivity contribution in [2.45, 2.75) is 0 Å². The zero-order chi connectivity index (χ0) is 20.0. The predicted octanol–water partition coefficient (Wildman–Crippen LogP) is 7.20. The molecule has 5 aromatic carbocycles. The van der Waals surface area contributed by atoms with Crippen molar-refractivity contribution in [2.24, 2.45) is 0 Å². The smallest absolute Gasteiger partial charge is 0.139 e. The van der Waals surface area contributed by atoms with Crippen molar-refractivity contribution in [1.82, 2.24) is 0 Å². The van der Waals surface area contributed by atoms with Gasteiger partial charge in [-0.25, -0.2) is 0 Å². The highest BCUT2D eigenvalue weighted by atomic mass is 16.3. The summed E-state index contributed by atoms with van der Waals surface area (Å²) in [6.45, 7) is 0. The highest BCUT2D eigenvalue weighted by Crippen LogP contribution is 2.39. The Kier molecular flexibility index (Phi) is 2.75. The molecule has 30 heavy (non-hydrogen) atoms. The molecule has 0 aliphatic carbocycles. The van der Waals surface area contributed by atoms with Crippen LogP contribution < -0.4 is 0 Å². The fraction of sp³-hybridized carbons (Fsp3) is 0. The Morgan fingerprint density at radius 1 is 0.400 bits per heavy atom. The van der Waals surface area contributed by atoms with E-state index in [0.29, 0.717) is 0 Å². The third-order valence-electron chi connectivity index (χ3n) is 5.95. The molecule has 0 spiro atoms. The summed E-state index contributed by atoms with van der Waals surface area (Å²) < 4.78 is 12.2. The Morgan fingerprint density at radius 3 is 1.33 bits per heavy atom. The van der Waals surface area contributed by atoms with Crippen LogP contribution in [0.4, 0.5) is 0 Å². The molecular formula is C26H14O4. The number of furan rings is 2. The van der Waals surface area contributed by atoms with E-state index in [1.165, 1.54) is 0 Å². The summed E-state index contributed by atoms with van der Waals surface area (Å²) in [6, 6.07) is 22.9. The third-order valence-corrected chi connectivity index (χ3v) is 5.95. The van der Waals surface area contributed by atoms with E-state index in [4.69, 9.17) is 8.83 Å². The van der Waals surface area contributed by atoms with Gasteiger partial charge in [-0.05, 0) is 76.1 Å². The Bertz CT molecular complexity index is 1690. The van der Waals surface area contributed by atoms with Crippen LogP contribution in [0, 0.1) is 0 Å². The second kappa shape index (κ2) is 5.24. The number of fused-ring (bicyclic) bond motifs is 8. The van der Waals surface area contributed by atoms with Crippen LogP contribution in [0.3, 0.4) is 0 Å². The standard InChI is InChI=1S/C26H14O4/c27-17-3-1-13-7-19-21-11-22-20-8-14-2-4-18(28)6-16(14)10-24(20)30-26(22)12-25(21)29-23(19)9-15(13)5-17/h1-12,27-28H. The number of rotatable bonds is 0. The highest BCUT2D eigenvalue weighted by Gasteiger charge is 2.15. The summed E-state index contributed by atoms with van der Waals surface area (Å²) in [5.74, 6) is 0.477. The maximum absolute atomic E-state index is 9.78. The van der Waals surface area contributed by atoms with Gasteiger partial charge in [0.15, 0.2) is 0 Å². The molecule has 0 atom stereocenters.